The molecule has 35 heavy (non-hydrogen) atoms. The zero-order chi connectivity index (χ0) is 24.4. The Labute approximate surface area is 203 Å². The van der Waals surface area contributed by atoms with Crippen molar-refractivity contribution < 1.29 is 24.2 Å². The van der Waals surface area contributed by atoms with Gasteiger partial charge in [0.1, 0.15) is 12.6 Å². The molecule has 2 aliphatic rings. The maximum absolute atomic E-state index is 13.0. The predicted molar refractivity (Wildman–Crippen MR) is 131 cm³/mol. The molecule has 178 valence electrons. The van der Waals surface area contributed by atoms with Crippen LogP contribution in [0.1, 0.15) is 35.4 Å². The van der Waals surface area contributed by atoms with Crippen molar-refractivity contribution in [3.8, 4) is 11.1 Å². The standard InChI is InChI=1S/C28H26N2O5/c31-25(32)15-17-6-5-7-19(14-17)29-27(33)26(18-12-13-18)30-28(34)35-16-24-22-10-3-1-8-20(22)21-9-2-4-11-23(21)24/h1-11,14,18,24,26H,12-13,15-16H2,(H,29,33)(H,30,34)(H,31,32). The summed E-state index contributed by atoms with van der Waals surface area (Å²) in [5, 5.41) is 14.6. The number of carboxylic acids is 1. The molecule has 0 aromatic heterocycles. The van der Waals surface area contributed by atoms with Crippen LogP contribution in [0.3, 0.4) is 0 Å². The summed E-state index contributed by atoms with van der Waals surface area (Å²) < 4.78 is 5.62. The first kappa shape index (κ1) is 22.7. The number of amides is 2. The first-order chi connectivity index (χ1) is 17.0. The molecule has 1 unspecified atom stereocenters. The van der Waals surface area contributed by atoms with E-state index < -0.39 is 18.1 Å². The van der Waals surface area contributed by atoms with Gasteiger partial charge >= 0.3 is 12.1 Å². The smallest absolute Gasteiger partial charge is 0.407 e. The Hall–Kier alpha value is -4.13. The number of anilines is 1. The fourth-order valence-corrected chi connectivity index (χ4v) is 4.75. The van der Waals surface area contributed by atoms with Gasteiger partial charge in [-0.2, -0.15) is 0 Å². The minimum Gasteiger partial charge on any atom is -0.481 e. The lowest BCUT2D eigenvalue weighted by Crippen LogP contribution is -2.45. The lowest BCUT2D eigenvalue weighted by molar-refractivity contribution is -0.136. The van der Waals surface area contributed by atoms with Crippen molar-refractivity contribution >= 4 is 23.7 Å². The molecule has 1 saturated carbocycles. The third kappa shape index (κ3) is 5.04. The molecule has 0 heterocycles. The maximum Gasteiger partial charge on any atom is 0.407 e. The van der Waals surface area contributed by atoms with Gasteiger partial charge in [0.2, 0.25) is 5.91 Å². The monoisotopic (exact) mass is 470 g/mol. The Kier molecular flexibility index (Phi) is 6.23. The molecule has 1 atom stereocenters. The highest BCUT2D eigenvalue weighted by molar-refractivity contribution is 5.97. The van der Waals surface area contributed by atoms with E-state index in [4.69, 9.17) is 9.84 Å². The number of nitrogens with one attached hydrogen (secondary N) is 2. The molecule has 0 radical (unpaired) electrons. The van der Waals surface area contributed by atoms with Gasteiger partial charge in [-0.3, -0.25) is 9.59 Å². The first-order valence-electron chi connectivity index (χ1n) is 11.7. The first-order valence-corrected chi connectivity index (χ1v) is 11.7. The van der Waals surface area contributed by atoms with E-state index in [0.29, 0.717) is 11.3 Å². The largest absolute Gasteiger partial charge is 0.481 e. The summed E-state index contributed by atoms with van der Waals surface area (Å²) in [5.74, 6) is -1.29. The van der Waals surface area contributed by atoms with Crippen LogP contribution in [0.5, 0.6) is 0 Å². The fraction of sp³-hybridized carbons (Fsp3) is 0.250. The minimum atomic E-state index is -0.943. The fourth-order valence-electron chi connectivity index (χ4n) is 4.75. The summed E-state index contributed by atoms with van der Waals surface area (Å²) in [6, 6.07) is 22.2. The van der Waals surface area contributed by atoms with Gasteiger partial charge in [-0.25, -0.2) is 4.79 Å². The summed E-state index contributed by atoms with van der Waals surface area (Å²) in [7, 11) is 0. The highest BCUT2D eigenvalue weighted by atomic mass is 16.5. The number of rotatable bonds is 8. The number of hydrogen-bond donors (Lipinski definition) is 3. The number of alkyl carbamates (subject to hydrolysis) is 1. The number of aliphatic carboxylic acids is 1. The Morgan fingerprint density at radius 3 is 2.20 bits per heavy atom. The Morgan fingerprint density at radius 2 is 1.57 bits per heavy atom. The van der Waals surface area contributed by atoms with Gasteiger partial charge in [-0.05, 0) is 58.7 Å². The van der Waals surface area contributed by atoms with Gasteiger partial charge in [-0.1, -0.05) is 60.7 Å². The van der Waals surface area contributed by atoms with Crippen LogP contribution in [0.4, 0.5) is 10.5 Å². The topological polar surface area (TPSA) is 105 Å². The lowest BCUT2D eigenvalue weighted by Gasteiger charge is -2.19. The quantitative estimate of drug-likeness (QED) is 0.447. The highest BCUT2D eigenvalue weighted by Gasteiger charge is 2.38. The van der Waals surface area contributed by atoms with Crippen molar-refractivity contribution in [1.82, 2.24) is 5.32 Å². The van der Waals surface area contributed by atoms with E-state index in [2.05, 4.69) is 34.9 Å². The summed E-state index contributed by atoms with van der Waals surface area (Å²) in [6.07, 6.45) is 0.938. The molecular formula is C28H26N2O5. The minimum absolute atomic E-state index is 0.0534. The van der Waals surface area contributed by atoms with Crippen LogP contribution in [-0.4, -0.2) is 35.7 Å². The number of fused-ring (bicyclic) bond motifs is 3. The average molecular weight is 471 g/mol. The molecule has 2 amide bonds. The van der Waals surface area contributed by atoms with E-state index in [1.165, 1.54) is 0 Å². The highest BCUT2D eigenvalue weighted by Crippen LogP contribution is 2.44. The van der Waals surface area contributed by atoms with Crippen LogP contribution >= 0.6 is 0 Å². The second-order valence-corrected chi connectivity index (χ2v) is 9.05. The van der Waals surface area contributed by atoms with Crippen LogP contribution in [0, 0.1) is 5.92 Å². The van der Waals surface area contributed by atoms with Crippen molar-refractivity contribution in [2.75, 3.05) is 11.9 Å². The number of hydrogen-bond acceptors (Lipinski definition) is 4. The summed E-state index contributed by atoms with van der Waals surface area (Å²) in [5.41, 5.74) is 5.63. The molecule has 1 fully saturated rings. The molecule has 0 spiro atoms. The van der Waals surface area contributed by atoms with Gasteiger partial charge in [0.15, 0.2) is 0 Å². The van der Waals surface area contributed by atoms with E-state index in [1.807, 2.05) is 24.3 Å². The SMILES string of the molecule is O=C(O)Cc1cccc(NC(=O)C(NC(=O)OCC2c3ccccc3-c3ccccc32)C2CC2)c1. The van der Waals surface area contributed by atoms with Crippen LogP contribution in [-0.2, 0) is 20.7 Å². The van der Waals surface area contributed by atoms with Crippen LogP contribution in [0.25, 0.3) is 11.1 Å². The summed E-state index contributed by atoms with van der Waals surface area (Å²) >= 11 is 0. The second kappa shape index (κ2) is 9.62. The van der Waals surface area contributed by atoms with Gasteiger partial charge in [0.05, 0.1) is 6.42 Å². The van der Waals surface area contributed by atoms with Gasteiger partial charge in [-0.15, -0.1) is 0 Å². The van der Waals surface area contributed by atoms with Crippen molar-refractivity contribution in [1.29, 1.82) is 0 Å². The van der Waals surface area contributed by atoms with E-state index in [-0.39, 0.29) is 30.8 Å². The van der Waals surface area contributed by atoms with E-state index in [9.17, 15) is 14.4 Å². The molecule has 3 aromatic rings. The number of carbonyl (C=O) groups is 3. The van der Waals surface area contributed by atoms with Crippen molar-refractivity contribution in [2.45, 2.75) is 31.2 Å². The molecule has 0 saturated heterocycles. The van der Waals surface area contributed by atoms with E-state index >= 15 is 0 Å². The van der Waals surface area contributed by atoms with E-state index in [0.717, 1.165) is 35.1 Å². The van der Waals surface area contributed by atoms with Crippen molar-refractivity contribution in [2.24, 2.45) is 5.92 Å². The second-order valence-electron chi connectivity index (χ2n) is 9.05. The Morgan fingerprint density at radius 1 is 0.914 bits per heavy atom. The zero-order valence-corrected chi connectivity index (χ0v) is 19.1. The van der Waals surface area contributed by atoms with Crippen LogP contribution in [0.15, 0.2) is 72.8 Å². The molecule has 7 heteroatoms. The molecule has 5 rings (SSSR count). The maximum atomic E-state index is 13.0. The Balaban J connectivity index is 1.23. The number of benzene rings is 3. The van der Waals surface area contributed by atoms with Crippen molar-refractivity contribution in [3.63, 3.8) is 0 Å². The van der Waals surface area contributed by atoms with Gasteiger partial charge in [0.25, 0.3) is 0 Å². The normalized spacial score (nSPS) is 15.0. The Bertz CT molecular complexity index is 1240. The van der Waals surface area contributed by atoms with Gasteiger partial charge in [0, 0.05) is 11.6 Å². The summed E-state index contributed by atoms with van der Waals surface area (Å²) in [6.45, 7) is 0.177. The number of ether oxygens (including phenoxy) is 1. The summed E-state index contributed by atoms with van der Waals surface area (Å²) in [4.78, 5) is 36.6. The predicted octanol–water partition coefficient (Wildman–Crippen LogP) is 4.57. The van der Waals surface area contributed by atoms with Gasteiger partial charge < -0.3 is 20.5 Å². The number of carbonyl (C=O) groups excluding carboxylic acids is 2. The molecule has 3 N–H and O–H groups in total. The van der Waals surface area contributed by atoms with Crippen LogP contribution in [0.2, 0.25) is 0 Å². The van der Waals surface area contributed by atoms with E-state index in [1.54, 1.807) is 24.3 Å². The third-order valence-corrected chi connectivity index (χ3v) is 6.54. The molecular weight excluding hydrogens is 444 g/mol. The third-order valence-electron chi connectivity index (χ3n) is 6.54. The molecule has 3 aromatic carbocycles. The molecule has 0 aliphatic heterocycles. The zero-order valence-electron chi connectivity index (χ0n) is 19.1. The van der Waals surface area contributed by atoms with Crippen molar-refractivity contribution in [3.05, 3.63) is 89.5 Å². The molecule has 0 bridgehead atoms. The lowest BCUT2D eigenvalue weighted by atomic mass is 9.98. The van der Waals surface area contributed by atoms with Crippen LogP contribution < -0.4 is 10.6 Å². The molecule has 2 aliphatic carbocycles. The number of carboxylic acid groups (broad SMARTS) is 1. The molecule has 7 nitrogen and oxygen atoms in total. The average Bonchev–Trinajstić information content (AvgIpc) is 3.63.